The van der Waals surface area contributed by atoms with Crippen LogP contribution in [-0.4, -0.2) is 58.3 Å². The van der Waals surface area contributed by atoms with E-state index in [0.29, 0.717) is 17.9 Å². The van der Waals surface area contributed by atoms with Crippen molar-refractivity contribution in [3.8, 4) is 0 Å². The molecule has 0 unspecified atom stereocenters. The van der Waals surface area contributed by atoms with Crippen molar-refractivity contribution in [2.24, 2.45) is 4.40 Å². The molecule has 3 rings (SSSR count). The summed E-state index contributed by atoms with van der Waals surface area (Å²) in [7, 11) is -2.00. The molecular formula is C16H20N4O3S. The maximum Gasteiger partial charge on any atom is 0.285 e. The lowest BCUT2D eigenvalue weighted by Crippen LogP contribution is -2.39. The van der Waals surface area contributed by atoms with Crippen LogP contribution in [0, 0.1) is 0 Å². The lowest BCUT2D eigenvalue weighted by Gasteiger charge is -2.19. The van der Waals surface area contributed by atoms with Gasteiger partial charge in [0.05, 0.1) is 6.54 Å². The Kier molecular flexibility index (Phi) is 4.68. The van der Waals surface area contributed by atoms with Crippen LogP contribution < -0.4 is 10.6 Å². The quantitative estimate of drug-likeness (QED) is 0.754. The predicted molar refractivity (Wildman–Crippen MR) is 91.4 cm³/mol. The van der Waals surface area contributed by atoms with Crippen LogP contribution in [0.5, 0.6) is 0 Å². The minimum atomic E-state index is -3.67. The van der Waals surface area contributed by atoms with E-state index >= 15 is 0 Å². The fourth-order valence-corrected chi connectivity index (χ4v) is 4.00. The number of amidine groups is 1. The molecule has 2 aliphatic rings. The Hall–Kier alpha value is -2.19. The summed E-state index contributed by atoms with van der Waals surface area (Å²) >= 11 is 0. The summed E-state index contributed by atoms with van der Waals surface area (Å²) in [5.74, 6) is 0.142. The molecule has 0 saturated heterocycles. The number of nitrogens with one attached hydrogen (secondary N) is 2. The topological polar surface area (TPSA) is 90.9 Å². The standard InChI is InChI=1S/C16H20N4O3S/c1-20(11-15(21)18-10-12-6-8-17-9-7-12)16-13-4-2-3-5-14(13)24(22,23)19-16/h2-6,17H,7-11H2,1H3,(H,18,21). The second-order valence-corrected chi connectivity index (χ2v) is 7.41. The maximum atomic E-state index is 12.1. The molecule has 0 atom stereocenters. The van der Waals surface area contributed by atoms with Gasteiger partial charge in [-0.15, -0.1) is 4.40 Å². The Morgan fingerprint density at radius 3 is 2.92 bits per heavy atom. The van der Waals surface area contributed by atoms with Crippen molar-refractivity contribution < 1.29 is 13.2 Å². The van der Waals surface area contributed by atoms with E-state index in [-0.39, 0.29) is 17.3 Å². The van der Waals surface area contributed by atoms with Gasteiger partial charge in [-0.25, -0.2) is 0 Å². The van der Waals surface area contributed by atoms with E-state index in [2.05, 4.69) is 21.1 Å². The SMILES string of the molecule is CN(CC(=O)NCC1=CCNCC1)C1=NS(=O)(=O)c2ccccc21. The first kappa shape index (κ1) is 16.7. The monoisotopic (exact) mass is 348 g/mol. The molecule has 2 aliphatic heterocycles. The van der Waals surface area contributed by atoms with Crippen LogP contribution in [0.4, 0.5) is 0 Å². The number of likely N-dealkylation sites (N-methyl/N-ethyl adjacent to an activating group) is 1. The Bertz CT molecular complexity index is 814. The molecule has 0 bridgehead atoms. The third-order valence-electron chi connectivity index (χ3n) is 4.03. The first-order valence-corrected chi connectivity index (χ1v) is 9.22. The van der Waals surface area contributed by atoms with Crippen molar-refractivity contribution in [1.82, 2.24) is 15.5 Å². The lowest BCUT2D eigenvalue weighted by molar-refractivity contribution is -0.121. The number of carbonyl (C=O) groups is 1. The molecule has 24 heavy (non-hydrogen) atoms. The van der Waals surface area contributed by atoms with Gasteiger partial charge in [0.25, 0.3) is 10.0 Å². The summed E-state index contributed by atoms with van der Waals surface area (Å²) < 4.78 is 27.9. The number of hydrogen-bond donors (Lipinski definition) is 2. The molecule has 0 aliphatic carbocycles. The highest BCUT2D eigenvalue weighted by atomic mass is 32.2. The van der Waals surface area contributed by atoms with Crippen LogP contribution in [-0.2, 0) is 14.8 Å². The fourth-order valence-electron chi connectivity index (χ4n) is 2.75. The van der Waals surface area contributed by atoms with Crippen molar-refractivity contribution in [1.29, 1.82) is 0 Å². The molecule has 0 radical (unpaired) electrons. The first-order valence-electron chi connectivity index (χ1n) is 7.78. The van der Waals surface area contributed by atoms with Crippen molar-refractivity contribution in [3.63, 3.8) is 0 Å². The van der Waals surface area contributed by atoms with Gasteiger partial charge in [-0.3, -0.25) is 4.79 Å². The van der Waals surface area contributed by atoms with Gasteiger partial charge in [0.1, 0.15) is 4.90 Å². The van der Waals surface area contributed by atoms with E-state index in [1.165, 1.54) is 11.6 Å². The summed E-state index contributed by atoms with van der Waals surface area (Å²) in [6.07, 6.45) is 3.01. The van der Waals surface area contributed by atoms with E-state index in [1.54, 1.807) is 30.1 Å². The van der Waals surface area contributed by atoms with Crippen LogP contribution in [0.3, 0.4) is 0 Å². The average molecular weight is 348 g/mol. The van der Waals surface area contributed by atoms with Gasteiger partial charge in [-0.2, -0.15) is 8.42 Å². The Balaban J connectivity index is 1.64. The van der Waals surface area contributed by atoms with E-state index in [0.717, 1.165) is 19.5 Å². The molecule has 1 aromatic carbocycles. The average Bonchev–Trinajstić information content (AvgIpc) is 2.86. The molecule has 2 heterocycles. The van der Waals surface area contributed by atoms with Crippen molar-refractivity contribution in [2.45, 2.75) is 11.3 Å². The normalized spacial score (nSPS) is 18.4. The van der Waals surface area contributed by atoms with Gasteiger partial charge in [-0.1, -0.05) is 23.8 Å². The number of rotatable bonds is 4. The van der Waals surface area contributed by atoms with Crippen molar-refractivity contribution in [3.05, 3.63) is 41.5 Å². The molecule has 1 amide bonds. The molecule has 0 spiro atoms. The number of nitrogens with zero attached hydrogens (tertiary/aromatic N) is 2. The number of benzene rings is 1. The van der Waals surface area contributed by atoms with Gasteiger partial charge in [0.2, 0.25) is 5.91 Å². The van der Waals surface area contributed by atoms with Gasteiger partial charge in [0.15, 0.2) is 5.84 Å². The molecular weight excluding hydrogens is 328 g/mol. The van der Waals surface area contributed by atoms with Crippen LogP contribution in [0.25, 0.3) is 0 Å². The Labute approximate surface area is 141 Å². The van der Waals surface area contributed by atoms with Crippen LogP contribution >= 0.6 is 0 Å². The molecule has 0 fully saturated rings. The molecule has 128 valence electrons. The minimum Gasteiger partial charge on any atom is -0.351 e. The second kappa shape index (κ2) is 6.74. The van der Waals surface area contributed by atoms with Crippen molar-refractivity contribution >= 4 is 21.8 Å². The highest BCUT2D eigenvalue weighted by Gasteiger charge is 2.30. The zero-order valence-electron chi connectivity index (χ0n) is 13.4. The summed E-state index contributed by atoms with van der Waals surface area (Å²) in [6.45, 7) is 2.33. The number of sulfonamides is 1. The zero-order chi connectivity index (χ0) is 17.2. The molecule has 8 heteroatoms. The second-order valence-electron chi connectivity index (χ2n) is 5.84. The van der Waals surface area contributed by atoms with Gasteiger partial charge in [-0.05, 0) is 25.1 Å². The summed E-state index contributed by atoms with van der Waals surface area (Å²) in [5.41, 5.74) is 1.74. The van der Waals surface area contributed by atoms with Gasteiger partial charge >= 0.3 is 0 Å². The minimum absolute atomic E-state index is 0.0498. The first-order chi connectivity index (χ1) is 11.5. The third kappa shape index (κ3) is 3.49. The number of hydrogen-bond acceptors (Lipinski definition) is 5. The van der Waals surface area contributed by atoms with E-state index in [4.69, 9.17) is 0 Å². The molecule has 0 saturated carbocycles. The smallest absolute Gasteiger partial charge is 0.285 e. The van der Waals surface area contributed by atoms with E-state index < -0.39 is 10.0 Å². The molecule has 7 nitrogen and oxygen atoms in total. The number of fused-ring (bicyclic) bond motifs is 1. The number of carbonyl (C=O) groups excluding carboxylic acids is 1. The van der Waals surface area contributed by atoms with E-state index in [9.17, 15) is 13.2 Å². The highest BCUT2D eigenvalue weighted by molar-refractivity contribution is 7.90. The zero-order valence-corrected chi connectivity index (χ0v) is 14.3. The predicted octanol–water partition coefficient (Wildman–Crippen LogP) is 0.103. The Morgan fingerprint density at radius 2 is 2.17 bits per heavy atom. The largest absolute Gasteiger partial charge is 0.351 e. The summed E-state index contributed by atoms with van der Waals surface area (Å²) in [4.78, 5) is 13.9. The van der Waals surface area contributed by atoms with Gasteiger partial charge in [0, 0.05) is 25.7 Å². The summed E-state index contributed by atoms with van der Waals surface area (Å²) in [6, 6.07) is 6.65. The van der Waals surface area contributed by atoms with E-state index in [1.807, 2.05) is 0 Å². The molecule has 1 aromatic rings. The highest BCUT2D eigenvalue weighted by Crippen LogP contribution is 2.26. The fraction of sp³-hybridized carbons (Fsp3) is 0.375. The number of amides is 1. The van der Waals surface area contributed by atoms with Gasteiger partial charge < -0.3 is 15.5 Å². The third-order valence-corrected chi connectivity index (χ3v) is 5.35. The molecule has 0 aromatic heterocycles. The maximum absolute atomic E-state index is 12.1. The van der Waals surface area contributed by atoms with Crippen LogP contribution in [0.1, 0.15) is 12.0 Å². The summed E-state index contributed by atoms with van der Waals surface area (Å²) in [5, 5.41) is 6.09. The van der Waals surface area contributed by atoms with Crippen molar-refractivity contribution in [2.75, 3.05) is 33.2 Å². The van der Waals surface area contributed by atoms with Crippen LogP contribution in [0.2, 0.25) is 0 Å². The lowest BCUT2D eigenvalue weighted by atomic mass is 10.1. The Morgan fingerprint density at radius 1 is 1.38 bits per heavy atom. The van der Waals surface area contributed by atoms with Crippen LogP contribution in [0.15, 0.2) is 45.2 Å². The molecule has 2 N–H and O–H groups in total.